The summed E-state index contributed by atoms with van der Waals surface area (Å²) >= 11 is 0. The third kappa shape index (κ3) is 5.05. The molecule has 0 spiro atoms. The standard InChI is InChI=1S/C15H27N3/c1-5-10-18(6-2)15-9-7-8-14(17-15)12-16-11-13(3)4/h7-9,13,16H,5-6,10-12H2,1-4H3. The van der Waals surface area contributed by atoms with E-state index < -0.39 is 0 Å². The van der Waals surface area contributed by atoms with Gasteiger partial charge in [-0.05, 0) is 37.9 Å². The van der Waals surface area contributed by atoms with Gasteiger partial charge < -0.3 is 10.2 Å². The third-order valence-corrected chi connectivity index (χ3v) is 2.85. The Labute approximate surface area is 112 Å². The van der Waals surface area contributed by atoms with Gasteiger partial charge in [-0.1, -0.05) is 26.8 Å². The molecule has 3 nitrogen and oxygen atoms in total. The summed E-state index contributed by atoms with van der Waals surface area (Å²) in [7, 11) is 0. The Kier molecular flexibility index (Phi) is 6.73. The molecule has 0 aliphatic heterocycles. The van der Waals surface area contributed by atoms with Gasteiger partial charge in [0.1, 0.15) is 5.82 Å². The molecule has 0 aliphatic rings. The largest absolute Gasteiger partial charge is 0.357 e. The molecule has 1 aromatic rings. The van der Waals surface area contributed by atoms with E-state index in [0.29, 0.717) is 5.92 Å². The lowest BCUT2D eigenvalue weighted by Crippen LogP contribution is -2.25. The summed E-state index contributed by atoms with van der Waals surface area (Å²) in [5.41, 5.74) is 1.13. The van der Waals surface area contributed by atoms with E-state index in [-0.39, 0.29) is 0 Å². The lowest BCUT2D eigenvalue weighted by Gasteiger charge is -2.21. The molecule has 0 aliphatic carbocycles. The van der Waals surface area contributed by atoms with E-state index in [1.165, 1.54) is 0 Å². The Morgan fingerprint density at radius 2 is 2.06 bits per heavy atom. The van der Waals surface area contributed by atoms with Crippen LogP contribution in [0.2, 0.25) is 0 Å². The number of pyridine rings is 1. The lowest BCUT2D eigenvalue weighted by molar-refractivity contribution is 0.548. The van der Waals surface area contributed by atoms with Gasteiger partial charge in [0.05, 0.1) is 5.69 Å². The predicted octanol–water partition coefficient (Wildman–Crippen LogP) is 3.06. The Bertz CT molecular complexity index is 336. The highest BCUT2D eigenvalue weighted by Crippen LogP contribution is 2.11. The fourth-order valence-electron chi connectivity index (χ4n) is 1.93. The Morgan fingerprint density at radius 3 is 2.67 bits per heavy atom. The average Bonchev–Trinajstić information content (AvgIpc) is 2.36. The zero-order valence-electron chi connectivity index (χ0n) is 12.2. The van der Waals surface area contributed by atoms with Crippen LogP contribution in [0.4, 0.5) is 5.82 Å². The van der Waals surface area contributed by atoms with Crippen LogP contribution in [0.5, 0.6) is 0 Å². The highest BCUT2D eigenvalue weighted by molar-refractivity contribution is 5.38. The van der Waals surface area contributed by atoms with Crippen LogP contribution in [0.1, 0.15) is 39.8 Å². The molecule has 1 heterocycles. The molecular weight excluding hydrogens is 222 g/mol. The van der Waals surface area contributed by atoms with Crippen molar-refractivity contribution in [2.45, 2.75) is 40.7 Å². The second-order valence-electron chi connectivity index (χ2n) is 5.09. The number of rotatable bonds is 8. The van der Waals surface area contributed by atoms with E-state index in [4.69, 9.17) is 4.98 Å². The van der Waals surface area contributed by atoms with E-state index in [1.807, 2.05) is 0 Å². The van der Waals surface area contributed by atoms with Crippen LogP contribution in [0, 0.1) is 5.92 Å². The number of nitrogens with zero attached hydrogens (tertiary/aromatic N) is 2. The van der Waals surface area contributed by atoms with Crippen LogP contribution in [-0.2, 0) is 6.54 Å². The van der Waals surface area contributed by atoms with Crippen molar-refractivity contribution < 1.29 is 0 Å². The first-order valence-corrected chi connectivity index (χ1v) is 7.09. The molecule has 0 fully saturated rings. The minimum Gasteiger partial charge on any atom is -0.357 e. The molecule has 0 bridgehead atoms. The Hall–Kier alpha value is -1.09. The van der Waals surface area contributed by atoms with Crippen molar-refractivity contribution in [2.75, 3.05) is 24.5 Å². The molecule has 0 unspecified atom stereocenters. The molecule has 0 radical (unpaired) electrons. The topological polar surface area (TPSA) is 28.2 Å². The van der Waals surface area contributed by atoms with Gasteiger partial charge in [0.15, 0.2) is 0 Å². The number of hydrogen-bond acceptors (Lipinski definition) is 3. The van der Waals surface area contributed by atoms with Gasteiger partial charge >= 0.3 is 0 Å². The van der Waals surface area contributed by atoms with Crippen molar-refractivity contribution in [3.05, 3.63) is 23.9 Å². The van der Waals surface area contributed by atoms with E-state index in [9.17, 15) is 0 Å². The molecule has 0 atom stereocenters. The van der Waals surface area contributed by atoms with Gasteiger partial charge in [0, 0.05) is 19.6 Å². The highest BCUT2D eigenvalue weighted by Gasteiger charge is 2.05. The first-order valence-electron chi connectivity index (χ1n) is 7.09. The monoisotopic (exact) mass is 249 g/mol. The maximum Gasteiger partial charge on any atom is 0.128 e. The second kappa shape index (κ2) is 8.09. The fourth-order valence-corrected chi connectivity index (χ4v) is 1.93. The van der Waals surface area contributed by atoms with Crippen LogP contribution in [0.3, 0.4) is 0 Å². The van der Waals surface area contributed by atoms with E-state index in [0.717, 1.165) is 44.1 Å². The van der Waals surface area contributed by atoms with Gasteiger partial charge in [-0.15, -0.1) is 0 Å². The van der Waals surface area contributed by atoms with Crippen LogP contribution in [0.15, 0.2) is 18.2 Å². The van der Waals surface area contributed by atoms with Crippen molar-refractivity contribution >= 4 is 5.82 Å². The summed E-state index contributed by atoms with van der Waals surface area (Å²) in [5.74, 6) is 1.78. The smallest absolute Gasteiger partial charge is 0.128 e. The van der Waals surface area contributed by atoms with E-state index in [2.05, 4.69) is 56.1 Å². The summed E-state index contributed by atoms with van der Waals surface area (Å²) in [6.07, 6.45) is 1.16. The number of nitrogens with one attached hydrogen (secondary N) is 1. The van der Waals surface area contributed by atoms with E-state index in [1.54, 1.807) is 0 Å². The van der Waals surface area contributed by atoms with Crippen LogP contribution < -0.4 is 10.2 Å². The molecule has 1 N–H and O–H groups in total. The molecule has 0 amide bonds. The highest BCUT2D eigenvalue weighted by atomic mass is 15.2. The van der Waals surface area contributed by atoms with Gasteiger partial charge in [-0.2, -0.15) is 0 Å². The maximum absolute atomic E-state index is 4.72. The molecule has 0 aromatic carbocycles. The molecule has 18 heavy (non-hydrogen) atoms. The van der Waals surface area contributed by atoms with Crippen molar-refractivity contribution in [1.82, 2.24) is 10.3 Å². The van der Waals surface area contributed by atoms with Gasteiger partial charge in [-0.3, -0.25) is 0 Å². The molecular formula is C15H27N3. The van der Waals surface area contributed by atoms with Crippen LogP contribution >= 0.6 is 0 Å². The number of anilines is 1. The Morgan fingerprint density at radius 1 is 1.28 bits per heavy atom. The fraction of sp³-hybridized carbons (Fsp3) is 0.667. The van der Waals surface area contributed by atoms with Gasteiger partial charge in [0.25, 0.3) is 0 Å². The summed E-state index contributed by atoms with van der Waals surface area (Å²) in [4.78, 5) is 7.05. The first kappa shape index (κ1) is 15.0. The molecule has 102 valence electrons. The predicted molar refractivity (Wildman–Crippen MR) is 79.0 cm³/mol. The van der Waals surface area contributed by atoms with Crippen molar-refractivity contribution in [2.24, 2.45) is 5.92 Å². The van der Waals surface area contributed by atoms with Crippen LogP contribution in [0.25, 0.3) is 0 Å². The zero-order valence-corrected chi connectivity index (χ0v) is 12.2. The molecule has 0 saturated carbocycles. The summed E-state index contributed by atoms with van der Waals surface area (Å²) in [6.45, 7) is 12.8. The first-order chi connectivity index (χ1) is 8.67. The lowest BCUT2D eigenvalue weighted by atomic mass is 10.2. The summed E-state index contributed by atoms with van der Waals surface area (Å²) in [5, 5.41) is 3.44. The minimum atomic E-state index is 0.681. The summed E-state index contributed by atoms with van der Waals surface area (Å²) < 4.78 is 0. The molecule has 1 aromatic heterocycles. The third-order valence-electron chi connectivity index (χ3n) is 2.85. The normalized spacial score (nSPS) is 10.9. The summed E-state index contributed by atoms with van der Waals surface area (Å²) in [6, 6.07) is 6.30. The van der Waals surface area contributed by atoms with E-state index >= 15 is 0 Å². The van der Waals surface area contributed by atoms with Crippen LogP contribution in [-0.4, -0.2) is 24.6 Å². The molecule has 3 heteroatoms. The Balaban J connectivity index is 2.60. The maximum atomic E-state index is 4.72. The van der Waals surface area contributed by atoms with Gasteiger partial charge in [0.2, 0.25) is 0 Å². The SMILES string of the molecule is CCCN(CC)c1cccc(CNCC(C)C)n1. The quantitative estimate of drug-likeness (QED) is 0.767. The van der Waals surface area contributed by atoms with Crippen molar-refractivity contribution in [3.8, 4) is 0 Å². The average molecular weight is 249 g/mol. The van der Waals surface area contributed by atoms with Crippen molar-refractivity contribution in [1.29, 1.82) is 0 Å². The van der Waals surface area contributed by atoms with Gasteiger partial charge in [-0.25, -0.2) is 4.98 Å². The molecule has 0 saturated heterocycles. The minimum absolute atomic E-state index is 0.681. The molecule has 1 rings (SSSR count). The second-order valence-corrected chi connectivity index (χ2v) is 5.09. The zero-order chi connectivity index (χ0) is 13.4. The van der Waals surface area contributed by atoms with Crippen molar-refractivity contribution in [3.63, 3.8) is 0 Å². The number of aromatic nitrogens is 1. The number of hydrogen-bond donors (Lipinski definition) is 1.